The lowest BCUT2D eigenvalue weighted by Gasteiger charge is -2.30. The Labute approximate surface area is 306 Å². The SMILES string of the molecule is CC(=O)c1nn(CC(=O)N2[C@H]3C[C@]4(C[C@@H]24)CN(C)C(=O)C(C)(C)C=CCOCc2ccc(Br)nc2CC3=O)c2ccc(-c3ccc(C)cc3)cc12. The zero-order valence-corrected chi connectivity index (χ0v) is 31.2. The molecule has 0 N–H and O–H groups in total. The van der Waals surface area contributed by atoms with Gasteiger partial charge < -0.3 is 14.5 Å². The van der Waals surface area contributed by atoms with Crippen molar-refractivity contribution in [3.8, 4) is 11.1 Å². The fourth-order valence-electron chi connectivity index (χ4n) is 7.94. The van der Waals surface area contributed by atoms with E-state index in [4.69, 9.17) is 4.74 Å². The van der Waals surface area contributed by atoms with Gasteiger partial charge in [0.2, 0.25) is 11.8 Å². The lowest BCUT2D eigenvalue weighted by atomic mass is 9.89. The molecule has 2 amide bonds. The maximum atomic E-state index is 14.5. The second kappa shape index (κ2) is 13.2. The summed E-state index contributed by atoms with van der Waals surface area (Å²) in [6, 6.07) is 16.8. The summed E-state index contributed by atoms with van der Waals surface area (Å²) >= 11 is 3.46. The number of piperidine rings is 1. The first-order valence-electron chi connectivity index (χ1n) is 17.3. The van der Waals surface area contributed by atoms with Gasteiger partial charge in [-0.1, -0.05) is 54.1 Å². The number of rotatable bonds is 4. The third-order valence-corrected chi connectivity index (χ3v) is 11.1. The van der Waals surface area contributed by atoms with Gasteiger partial charge in [-0.05, 0) is 84.4 Å². The van der Waals surface area contributed by atoms with E-state index >= 15 is 0 Å². The number of ether oxygens (including phenoxy) is 1. The number of aryl methyl sites for hydroxylation is 1. The van der Waals surface area contributed by atoms with Gasteiger partial charge in [0.05, 0.1) is 42.3 Å². The number of Topliss-reactive ketones (excluding diaryl/α,β-unsaturated/α-hetero) is 2. The molecule has 264 valence electrons. The first kappa shape index (κ1) is 34.9. The van der Waals surface area contributed by atoms with E-state index in [1.807, 2.05) is 87.5 Å². The average Bonchev–Trinajstić information content (AvgIpc) is 3.49. The standard InChI is InChI=1S/C40H42BrN5O5/c1-24-7-9-26(10-8-24)27-11-13-31-29(17-27)37(25(2)47)43-45(31)21-36(49)46-32-19-40(20-34(40)46)23-44(5)38(50)39(3,4)15-6-16-51-22-28-12-14-35(41)42-30(28)18-33(32)48/h6-15,17,32,34H,16,18-23H2,1-5H3/t32-,34+,40-/m0/s1. The number of carbonyl (C=O) groups is 4. The van der Waals surface area contributed by atoms with Crippen molar-refractivity contribution < 1.29 is 23.9 Å². The molecule has 3 aliphatic rings. The molecular weight excluding hydrogens is 710 g/mol. The van der Waals surface area contributed by atoms with Gasteiger partial charge in [-0.3, -0.25) is 23.9 Å². The van der Waals surface area contributed by atoms with Crippen molar-refractivity contribution in [2.24, 2.45) is 10.8 Å². The van der Waals surface area contributed by atoms with Crippen molar-refractivity contribution in [2.75, 3.05) is 20.2 Å². The van der Waals surface area contributed by atoms with E-state index in [-0.39, 0.29) is 49.0 Å². The average molecular weight is 753 g/mol. The zero-order valence-electron chi connectivity index (χ0n) is 29.6. The molecule has 0 unspecified atom stereocenters. The summed E-state index contributed by atoms with van der Waals surface area (Å²) in [5.74, 6) is -0.595. The monoisotopic (exact) mass is 751 g/mol. The van der Waals surface area contributed by atoms with Crippen LogP contribution in [-0.4, -0.2) is 80.2 Å². The van der Waals surface area contributed by atoms with Crippen LogP contribution in [0.2, 0.25) is 0 Å². The number of ketones is 2. The molecule has 4 heterocycles. The first-order chi connectivity index (χ1) is 24.3. The van der Waals surface area contributed by atoms with Gasteiger partial charge in [0.1, 0.15) is 16.8 Å². The van der Waals surface area contributed by atoms with Crippen LogP contribution in [-0.2, 0) is 38.7 Å². The fraction of sp³-hybridized carbons (Fsp3) is 0.400. The van der Waals surface area contributed by atoms with Crippen molar-refractivity contribution in [1.29, 1.82) is 0 Å². The van der Waals surface area contributed by atoms with Crippen LogP contribution in [0.5, 0.6) is 0 Å². The number of aromatic nitrogens is 3. The maximum absolute atomic E-state index is 14.5. The Morgan fingerprint density at radius 3 is 2.51 bits per heavy atom. The van der Waals surface area contributed by atoms with Crippen LogP contribution >= 0.6 is 15.9 Å². The van der Waals surface area contributed by atoms with E-state index in [0.717, 1.165) is 22.3 Å². The van der Waals surface area contributed by atoms with Crippen LogP contribution < -0.4 is 0 Å². The van der Waals surface area contributed by atoms with E-state index in [1.54, 1.807) is 21.5 Å². The van der Waals surface area contributed by atoms with Gasteiger partial charge in [0.25, 0.3) is 0 Å². The minimum atomic E-state index is -0.765. The van der Waals surface area contributed by atoms with Crippen LogP contribution in [0.4, 0.5) is 0 Å². The van der Waals surface area contributed by atoms with Gasteiger partial charge in [0.15, 0.2) is 11.6 Å². The minimum Gasteiger partial charge on any atom is -0.373 e. The Morgan fingerprint density at radius 1 is 1.02 bits per heavy atom. The maximum Gasteiger partial charge on any atom is 0.245 e. The molecule has 2 aromatic carbocycles. The van der Waals surface area contributed by atoms with Gasteiger partial charge in [-0.15, -0.1) is 0 Å². The quantitative estimate of drug-likeness (QED) is 0.140. The molecule has 1 aliphatic carbocycles. The molecule has 2 fully saturated rings. The number of fused-ring (bicyclic) bond motifs is 3. The van der Waals surface area contributed by atoms with Gasteiger partial charge in [-0.25, -0.2) is 4.98 Å². The normalized spacial score (nSPS) is 23.3. The number of halogens is 1. The number of pyridine rings is 1. The summed E-state index contributed by atoms with van der Waals surface area (Å²) in [5, 5.41) is 5.32. The number of carbonyl (C=O) groups excluding carboxylic acids is 4. The molecule has 7 rings (SSSR count). The van der Waals surface area contributed by atoms with Gasteiger partial charge in [-0.2, -0.15) is 5.10 Å². The summed E-state index contributed by atoms with van der Waals surface area (Å²) in [5.41, 5.74) is 4.32. The molecule has 4 aromatic rings. The number of hydrogen-bond donors (Lipinski definition) is 0. The zero-order chi connectivity index (χ0) is 36.2. The predicted octanol–water partition coefficient (Wildman–Crippen LogP) is 6.11. The molecule has 1 saturated carbocycles. The highest BCUT2D eigenvalue weighted by Crippen LogP contribution is 2.60. The Morgan fingerprint density at radius 2 is 1.76 bits per heavy atom. The second-order valence-corrected chi connectivity index (χ2v) is 15.8. The second-order valence-electron chi connectivity index (χ2n) is 14.9. The Balaban J connectivity index is 1.23. The molecular formula is C40H42BrN5O5. The van der Waals surface area contributed by atoms with E-state index < -0.39 is 16.9 Å². The minimum absolute atomic E-state index is 0.0357. The Kier molecular flexibility index (Phi) is 9.08. The number of amides is 2. The fourth-order valence-corrected chi connectivity index (χ4v) is 8.29. The topological polar surface area (TPSA) is 115 Å². The predicted molar refractivity (Wildman–Crippen MR) is 197 cm³/mol. The molecule has 3 atom stereocenters. The van der Waals surface area contributed by atoms with E-state index in [9.17, 15) is 19.2 Å². The van der Waals surface area contributed by atoms with Crippen molar-refractivity contribution in [3.63, 3.8) is 0 Å². The van der Waals surface area contributed by atoms with Crippen LogP contribution in [0.25, 0.3) is 22.0 Å². The third kappa shape index (κ3) is 6.69. The summed E-state index contributed by atoms with van der Waals surface area (Å²) in [6.07, 6.45) is 4.93. The first-order valence-corrected chi connectivity index (χ1v) is 18.1. The molecule has 2 aliphatic heterocycles. The van der Waals surface area contributed by atoms with Crippen molar-refractivity contribution in [1.82, 2.24) is 24.6 Å². The van der Waals surface area contributed by atoms with E-state index in [0.29, 0.717) is 52.9 Å². The van der Waals surface area contributed by atoms with Crippen molar-refractivity contribution >= 4 is 50.2 Å². The van der Waals surface area contributed by atoms with Crippen LogP contribution in [0.1, 0.15) is 60.9 Å². The van der Waals surface area contributed by atoms with Gasteiger partial charge >= 0.3 is 0 Å². The van der Waals surface area contributed by atoms with E-state index in [1.165, 1.54) is 6.92 Å². The number of benzene rings is 2. The summed E-state index contributed by atoms with van der Waals surface area (Å²) in [6.45, 7) is 8.13. The highest BCUT2D eigenvalue weighted by Gasteiger charge is 2.67. The molecule has 2 aromatic heterocycles. The Hall–Kier alpha value is -4.48. The molecule has 51 heavy (non-hydrogen) atoms. The summed E-state index contributed by atoms with van der Waals surface area (Å²) in [4.78, 5) is 63.3. The molecule has 10 nitrogen and oxygen atoms in total. The van der Waals surface area contributed by atoms with Crippen LogP contribution in [0, 0.1) is 17.8 Å². The summed E-state index contributed by atoms with van der Waals surface area (Å²) in [7, 11) is 1.80. The number of hydrogen-bond acceptors (Lipinski definition) is 7. The number of nitrogens with zero attached hydrogens (tertiary/aromatic N) is 5. The molecule has 0 radical (unpaired) electrons. The third-order valence-electron chi connectivity index (χ3n) is 10.7. The molecule has 1 saturated heterocycles. The highest BCUT2D eigenvalue weighted by atomic mass is 79.9. The largest absolute Gasteiger partial charge is 0.373 e. The van der Waals surface area contributed by atoms with Crippen molar-refractivity contribution in [3.05, 3.63) is 93.9 Å². The summed E-state index contributed by atoms with van der Waals surface area (Å²) < 4.78 is 8.11. The molecule has 2 bridgehead atoms. The van der Waals surface area contributed by atoms with Crippen molar-refractivity contribution in [2.45, 2.75) is 72.2 Å². The molecule has 11 heteroatoms. The van der Waals surface area contributed by atoms with Crippen LogP contribution in [0.15, 0.2) is 71.4 Å². The lowest BCUT2D eigenvalue weighted by Crippen LogP contribution is -2.45. The highest BCUT2D eigenvalue weighted by molar-refractivity contribution is 9.10. The smallest absolute Gasteiger partial charge is 0.245 e. The van der Waals surface area contributed by atoms with E-state index in [2.05, 4.69) is 26.0 Å². The number of likely N-dealkylation sites (tertiary alicyclic amines) is 1. The Bertz CT molecular complexity index is 2100. The lowest BCUT2D eigenvalue weighted by molar-refractivity contribution is -0.139. The molecule has 1 spiro atoms. The van der Waals surface area contributed by atoms with Crippen LogP contribution in [0.3, 0.4) is 0 Å². The van der Waals surface area contributed by atoms with Gasteiger partial charge in [0, 0.05) is 37.4 Å².